The van der Waals surface area contributed by atoms with Crippen LogP contribution >= 0.6 is 0 Å². The predicted octanol–water partition coefficient (Wildman–Crippen LogP) is 3.31. The first-order valence-electron chi connectivity index (χ1n) is 7.66. The number of piperidine rings is 1. The van der Waals surface area contributed by atoms with E-state index < -0.39 is 0 Å². The van der Waals surface area contributed by atoms with E-state index in [0.29, 0.717) is 11.3 Å². The van der Waals surface area contributed by atoms with Crippen LogP contribution in [0.1, 0.15) is 43.7 Å². The SMILES string of the molecule is Cc1cc(C(C)C)ccc1N1CCC2(CC1)CNC2. The summed E-state index contributed by atoms with van der Waals surface area (Å²) in [6, 6.07) is 7.01. The molecule has 0 aliphatic carbocycles. The van der Waals surface area contributed by atoms with Gasteiger partial charge in [0.15, 0.2) is 0 Å². The summed E-state index contributed by atoms with van der Waals surface area (Å²) in [5.74, 6) is 0.624. The molecule has 2 aliphatic rings. The lowest BCUT2D eigenvalue weighted by atomic mass is 9.73. The molecule has 0 amide bonds. The van der Waals surface area contributed by atoms with E-state index >= 15 is 0 Å². The van der Waals surface area contributed by atoms with Gasteiger partial charge in [0.1, 0.15) is 0 Å². The van der Waals surface area contributed by atoms with Crippen LogP contribution in [0.4, 0.5) is 5.69 Å². The fourth-order valence-corrected chi connectivity index (χ4v) is 3.45. The quantitative estimate of drug-likeness (QED) is 0.875. The summed E-state index contributed by atoms with van der Waals surface area (Å²) in [6.07, 6.45) is 2.71. The van der Waals surface area contributed by atoms with Crippen LogP contribution in [0.2, 0.25) is 0 Å². The topological polar surface area (TPSA) is 15.3 Å². The molecule has 0 unspecified atom stereocenters. The molecule has 2 aliphatic heterocycles. The van der Waals surface area contributed by atoms with Crippen LogP contribution in [0, 0.1) is 12.3 Å². The molecule has 2 fully saturated rings. The largest absolute Gasteiger partial charge is 0.371 e. The van der Waals surface area contributed by atoms with Crippen LogP contribution < -0.4 is 10.2 Å². The molecule has 2 saturated heterocycles. The lowest BCUT2D eigenvalue weighted by molar-refractivity contribution is 0.126. The van der Waals surface area contributed by atoms with Gasteiger partial charge < -0.3 is 10.2 Å². The third kappa shape index (κ3) is 2.38. The normalized spacial score (nSPS) is 21.8. The number of hydrogen-bond acceptors (Lipinski definition) is 2. The van der Waals surface area contributed by atoms with Gasteiger partial charge in [-0.1, -0.05) is 26.0 Å². The number of anilines is 1. The minimum Gasteiger partial charge on any atom is -0.371 e. The fraction of sp³-hybridized carbons (Fsp3) is 0.647. The molecular weight excluding hydrogens is 232 g/mol. The first-order chi connectivity index (χ1) is 9.10. The van der Waals surface area contributed by atoms with E-state index in [0.717, 1.165) is 0 Å². The molecule has 1 aromatic rings. The molecule has 2 heterocycles. The van der Waals surface area contributed by atoms with Crippen molar-refractivity contribution in [1.82, 2.24) is 5.32 Å². The Hall–Kier alpha value is -1.02. The second-order valence-electron chi connectivity index (χ2n) is 6.79. The van der Waals surface area contributed by atoms with E-state index in [-0.39, 0.29) is 0 Å². The second-order valence-corrected chi connectivity index (χ2v) is 6.79. The number of aryl methyl sites for hydroxylation is 1. The van der Waals surface area contributed by atoms with Crippen molar-refractivity contribution in [2.24, 2.45) is 5.41 Å². The van der Waals surface area contributed by atoms with Crippen LogP contribution in [0.15, 0.2) is 18.2 Å². The van der Waals surface area contributed by atoms with Gasteiger partial charge in [0.25, 0.3) is 0 Å². The van der Waals surface area contributed by atoms with Crippen molar-refractivity contribution in [2.45, 2.75) is 39.5 Å². The fourth-order valence-electron chi connectivity index (χ4n) is 3.45. The van der Waals surface area contributed by atoms with Crippen LogP contribution in [-0.4, -0.2) is 26.2 Å². The summed E-state index contributed by atoms with van der Waals surface area (Å²) >= 11 is 0. The number of benzene rings is 1. The third-order valence-electron chi connectivity index (χ3n) is 5.05. The van der Waals surface area contributed by atoms with Crippen LogP contribution in [0.5, 0.6) is 0 Å². The van der Waals surface area contributed by atoms with Crippen molar-refractivity contribution in [3.05, 3.63) is 29.3 Å². The predicted molar refractivity (Wildman–Crippen MR) is 82.0 cm³/mol. The van der Waals surface area contributed by atoms with E-state index in [1.807, 2.05) is 0 Å². The van der Waals surface area contributed by atoms with E-state index in [4.69, 9.17) is 0 Å². The molecular formula is C17H26N2. The zero-order valence-electron chi connectivity index (χ0n) is 12.5. The standard InChI is InChI=1S/C17H26N2/c1-13(2)15-4-5-16(14(3)10-15)19-8-6-17(7-9-19)11-18-12-17/h4-5,10,13,18H,6-9,11-12H2,1-3H3. The van der Waals surface area contributed by atoms with Crippen molar-refractivity contribution in [1.29, 1.82) is 0 Å². The first-order valence-corrected chi connectivity index (χ1v) is 7.66. The summed E-state index contributed by atoms with van der Waals surface area (Å²) in [7, 11) is 0. The average molecular weight is 258 g/mol. The minimum atomic E-state index is 0.624. The lowest BCUT2D eigenvalue weighted by Crippen LogP contribution is -2.58. The Balaban J connectivity index is 1.72. The monoisotopic (exact) mass is 258 g/mol. The van der Waals surface area contributed by atoms with Gasteiger partial charge in [0.2, 0.25) is 0 Å². The number of hydrogen-bond donors (Lipinski definition) is 1. The van der Waals surface area contributed by atoms with E-state index in [9.17, 15) is 0 Å². The van der Waals surface area contributed by atoms with Gasteiger partial charge >= 0.3 is 0 Å². The molecule has 2 nitrogen and oxygen atoms in total. The zero-order chi connectivity index (χ0) is 13.5. The second kappa shape index (κ2) is 4.82. The molecule has 1 N–H and O–H groups in total. The van der Waals surface area contributed by atoms with Gasteiger partial charge in [-0.2, -0.15) is 0 Å². The minimum absolute atomic E-state index is 0.624. The highest BCUT2D eigenvalue weighted by Crippen LogP contribution is 2.37. The van der Waals surface area contributed by atoms with Gasteiger partial charge in [-0.05, 0) is 48.3 Å². The van der Waals surface area contributed by atoms with Crippen molar-refractivity contribution in [2.75, 3.05) is 31.1 Å². The van der Waals surface area contributed by atoms with E-state index in [1.165, 1.54) is 55.8 Å². The van der Waals surface area contributed by atoms with Crippen molar-refractivity contribution >= 4 is 5.69 Å². The molecule has 104 valence electrons. The Labute approximate surface area is 117 Å². The molecule has 2 heteroatoms. The highest BCUT2D eigenvalue weighted by molar-refractivity contribution is 5.55. The van der Waals surface area contributed by atoms with Gasteiger partial charge in [-0.15, -0.1) is 0 Å². The molecule has 1 spiro atoms. The van der Waals surface area contributed by atoms with Gasteiger partial charge in [0.05, 0.1) is 0 Å². The smallest absolute Gasteiger partial charge is 0.0396 e. The maximum absolute atomic E-state index is 3.44. The molecule has 3 rings (SSSR count). The van der Waals surface area contributed by atoms with Crippen LogP contribution in [0.25, 0.3) is 0 Å². The summed E-state index contributed by atoms with van der Waals surface area (Å²) in [5, 5.41) is 3.44. The first kappa shape index (κ1) is 13.0. The highest BCUT2D eigenvalue weighted by Gasteiger charge is 2.39. The summed E-state index contributed by atoms with van der Waals surface area (Å²) in [5.41, 5.74) is 4.99. The number of nitrogens with one attached hydrogen (secondary N) is 1. The molecule has 0 bridgehead atoms. The van der Waals surface area contributed by atoms with Gasteiger partial charge in [-0.3, -0.25) is 0 Å². The molecule has 0 aromatic heterocycles. The van der Waals surface area contributed by atoms with Crippen molar-refractivity contribution in [3.8, 4) is 0 Å². The van der Waals surface area contributed by atoms with Crippen molar-refractivity contribution < 1.29 is 0 Å². The van der Waals surface area contributed by atoms with Gasteiger partial charge in [0, 0.05) is 31.9 Å². The Morgan fingerprint density at radius 2 is 1.84 bits per heavy atom. The van der Waals surface area contributed by atoms with Crippen LogP contribution in [0.3, 0.4) is 0 Å². The molecule has 0 saturated carbocycles. The van der Waals surface area contributed by atoms with Gasteiger partial charge in [-0.25, -0.2) is 0 Å². The highest BCUT2D eigenvalue weighted by atomic mass is 15.2. The third-order valence-corrected chi connectivity index (χ3v) is 5.05. The summed E-state index contributed by atoms with van der Waals surface area (Å²) < 4.78 is 0. The zero-order valence-corrected chi connectivity index (χ0v) is 12.5. The van der Waals surface area contributed by atoms with Crippen LogP contribution in [-0.2, 0) is 0 Å². The molecule has 0 atom stereocenters. The molecule has 19 heavy (non-hydrogen) atoms. The van der Waals surface area contributed by atoms with Crippen molar-refractivity contribution in [3.63, 3.8) is 0 Å². The molecule has 1 aromatic carbocycles. The number of rotatable bonds is 2. The maximum atomic E-state index is 3.44. The Morgan fingerprint density at radius 3 is 2.32 bits per heavy atom. The Morgan fingerprint density at radius 1 is 1.16 bits per heavy atom. The molecule has 0 radical (unpaired) electrons. The Bertz CT molecular complexity index is 450. The number of nitrogens with zero attached hydrogens (tertiary/aromatic N) is 1. The lowest BCUT2D eigenvalue weighted by Gasteiger charge is -2.49. The maximum Gasteiger partial charge on any atom is 0.0396 e. The summed E-state index contributed by atoms with van der Waals surface area (Å²) in [6.45, 7) is 11.7. The van der Waals surface area contributed by atoms with E-state index in [2.05, 4.69) is 49.2 Å². The summed E-state index contributed by atoms with van der Waals surface area (Å²) in [4.78, 5) is 2.59. The average Bonchev–Trinajstić information content (AvgIpc) is 2.37. The Kier molecular flexibility index (Phi) is 3.30. The van der Waals surface area contributed by atoms with E-state index in [1.54, 1.807) is 0 Å².